The van der Waals surface area contributed by atoms with Gasteiger partial charge in [0, 0.05) is 38.4 Å². The van der Waals surface area contributed by atoms with E-state index in [1.807, 2.05) is 18.2 Å². The predicted molar refractivity (Wildman–Crippen MR) is 238 cm³/mol. The molecule has 0 fully saturated rings. The predicted octanol–water partition coefficient (Wildman–Crippen LogP) is 13.8. The first-order valence-corrected chi connectivity index (χ1v) is 19.5. The van der Waals surface area contributed by atoms with Crippen molar-refractivity contribution in [3.8, 4) is 51.0 Å². The molecule has 0 radical (unpaired) electrons. The molecular formula is C53H32N4O. The van der Waals surface area contributed by atoms with Crippen LogP contribution in [0.1, 0.15) is 0 Å². The second kappa shape index (κ2) is 12.8. The normalized spacial score (nSPS) is 11.8. The highest BCUT2D eigenvalue weighted by Crippen LogP contribution is 2.41. The SMILES string of the molecule is c1ccc(-c2ccc(-c3nc(-c4ccc5ccccc5c4)nc(-c4cc(-n5c6ccccc6c6cc7ccccc7cc65)cc5c4oc4ccccc45)n3)cc2)cc1. The van der Waals surface area contributed by atoms with Crippen LogP contribution in [0, 0.1) is 0 Å². The van der Waals surface area contributed by atoms with Crippen molar-refractivity contribution < 1.29 is 4.42 Å². The number of nitrogens with zero attached hydrogens (tertiary/aromatic N) is 4. The second-order valence-corrected chi connectivity index (χ2v) is 14.8. The molecule has 0 saturated carbocycles. The summed E-state index contributed by atoms with van der Waals surface area (Å²) in [7, 11) is 0. The lowest BCUT2D eigenvalue weighted by molar-refractivity contribution is 0.669. The summed E-state index contributed by atoms with van der Waals surface area (Å²) in [4.78, 5) is 15.7. The smallest absolute Gasteiger partial charge is 0.167 e. The van der Waals surface area contributed by atoms with E-state index < -0.39 is 0 Å². The lowest BCUT2D eigenvalue weighted by Crippen LogP contribution is -2.02. The van der Waals surface area contributed by atoms with Gasteiger partial charge in [0.25, 0.3) is 0 Å². The molecule has 0 unspecified atom stereocenters. The van der Waals surface area contributed by atoms with Gasteiger partial charge in [0.2, 0.25) is 0 Å². The van der Waals surface area contributed by atoms with Gasteiger partial charge >= 0.3 is 0 Å². The molecule has 0 aliphatic heterocycles. The topological polar surface area (TPSA) is 56.7 Å². The minimum Gasteiger partial charge on any atom is -0.455 e. The van der Waals surface area contributed by atoms with Gasteiger partial charge in [0.1, 0.15) is 11.2 Å². The van der Waals surface area contributed by atoms with Gasteiger partial charge in [-0.1, -0.05) is 152 Å². The number of hydrogen-bond donors (Lipinski definition) is 0. The summed E-state index contributed by atoms with van der Waals surface area (Å²) in [6.45, 7) is 0. The van der Waals surface area contributed by atoms with Crippen LogP contribution in [0.2, 0.25) is 0 Å². The number of hydrogen-bond acceptors (Lipinski definition) is 4. The average molecular weight is 741 g/mol. The van der Waals surface area contributed by atoms with Crippen LogP contribution in [0.15, 0.2) is 199 Å². The summed E-state index contributed by atoms with van der Waals surface area (Å²) in [5, 5.41) is 9.11. The molecule has 0 aliphatic rings. The van der Waals surface area contributed by atoms with Gasteiger partial charge in [0.15, 0.2) is 17.5 Å². The maximum atomic E-state index is 6.75. The molecule has 270 valence electrons. The fourth-order valence-corrected chi connectivity index (χ4v) is 8.57. The van der Waals surface area contributed by atoms with Crippen molar-refractivity contribution in [1.29, 1.82) is 0 Å². The summed E-state index contributed by atoms with van der Waals surface area (Å²) >= 11 is 0. The Bertz CT molecular complexity index is 3560. The quantitative estimate of drug-likeness (QED) is 0.176. The first-order chi connectivity index (χ1) is 28.7. The first kappa shape index (κ1) is 32.4. The van der Waals surface area contributed by atoms with Gasteiger partial charge in [-0.05, 0) is 75.1 Å². The number of furan rings is 1. The molecule has 9 aromatic carbocycles. The second-order valence-electron chi connectivity index (χ2n) is 14.8. The Labute approximate surface area is 333 Å². The minimum atomic E-state index is 0.539. The van der Waals surface area contributed by atoms with Gasteiger partial charge in [-0.25, -0.2) is 15.0 Å². The zero-order valence-corrected chi connectivity index (χ0v) is 31.2. The van der Waals surface area contributed by atoms with Crippen molar-refractivity contribution in [2.24, 2.45) is 0 Å². The van der Waals surface area contributed by atoms with E-state index in [0.717, 1.165) is 77.2 Å². The van der Waals surface area contributed by atoms with Gasteiger partial charge in [-0.15, -0.1) is 0 Å². The van der Waals surface area contributed by atoms with Crippen molar-refractivity contribution in [3.05, 3.63) is 194 Å². The van der Waals surface area contributed by atoms with Crippen LogP contribution in [-0.4, -0.2) is 19.5 Å². The van der Waals surface area contributed by atoms with Crippen molar-refractivity contribution in [2.75, 3.05) is 0 Å². The van der Waals surface area contributed by atoms with Gasteiger partial charge < -0.3 is 8.98 Å². The molecule has 0 saturated heterocycles. The zero-order chi connectivity index (χ0) is 38.2. The highest BCUT2D eigenvalue weighted by Gasteiger charge is 2.22. The minimum absolute atomic E-state index is 0.539. The van der Waals surface area contributed by atoms with E-state index >= 15 is 0 Å². The van der Waals surface area contributed by atoms with E-state index in [1.54, 1.807) is 0 Å². The fourth-order valence-electron chi connectivity index (χ4n) is 8.57. The summed E-state index contributed by atoms with van der Waals surface area (Å²) < 4.78 is 9.12. The summed E-state index contributed by atoms with van der Waals surface area (Å²) in [5.74, 6) is 1.72. The van der Waals surface area contributed by atoms with Crippen LogP contribution < -0.4 is 0 Å². The first-order valence-electron chi connectivity index (χ1n) is 19.5. The number of rotatable bonds is 5. The highest BCUT2D eigenvalue weighted by atomic mass is 16.3. The van der Waals surface area contributed by atoms with Crippen molar-refractivity contribution in [1.82, 2.24) is 19.5 Å². The molecule has 5 heteroatoms. The number of para-hydroxylation sites is 2. The van der Waals surface area contributed by atoms with E-state index in [9.17, 15) is 0 Å². The number of aromatic nitrogens is 4. The number of fused-ring (bicyclic) bond motifs is 8. The van der Waals surface area contributed by atoms with Crippen LogP contribution in [0.4, 0.5) is 0 Å². The maximum absolute atomic E-state index is 6.75. The van der Waals surface area contributed by atoms with Gasteiger partial charge in [-0.3, -0.25) is 0 Å². The Hall–Kier alpha value is -7.89. The van der Waals surface area contributed by atoms with Crippen LogP contribution in [-0.2, 0) is 0 Å². The fraction of sp³-hybridized carbons (Fsp3) is 0. The molecule has 3 aromatic heterocycles. The molecule has 12 rings (SSSR count). The Morgan fingerprint density at radius 2 is 0.931 bits per heavy atom. The molecule has 0 amide bonds. The van der Waals surface area contributed by atoms with E-state index in [4.69, 9.17) is 19.4 Å². The maximum Gasteiger partial charge on any atom is 0.167 e. The van der Waals surface area contributed by atoms with E-state index in [2.05, 4.69) is 180 Å². The van der Waals surface area contributed by atoms with Crippen LogP contribution in [0.3, 0.4) is 0 Å². The van der Waals surface area contributed by atoms with Crippen molar-refractivity contribution in [2.45, 2.75) is 0 Å². The molecular weight excluding hydrogens is 709 g/mol. The van der Waals surface area contributed by atoms with Gasteiger partial charge in [0.05, 0.1) is 16.6 Å². The Balaban J connectivity index is 1.14. The third-order valence-electron chi connectivity index (χ3n) is 11.4. The van der Waals surface area contributed by atoms with E-state index in [1.165, 1.54) is 21.5 Å². The third kappa shape index (κ3) is 5.21. The zero-order valence-electron chi connectivity index (χ0n) is 31.2. The van der Waals surface area contributed by atoms with Crippen LogP contribution in [0.5, 0.6) is 0 Å². The van der Waals surface area contributed by atoms with E-state index in [0.29, 0.717) is 17.5 Å². The molecule has 0 aliphatic carbocycles. The standard InChI is InChI=1S/C53H32N4O/c1-2-12-33(13-3-1)35-22-25-36(26-23-35)51-54-52(40-27-24-34-14-4-5-15-37(34)28-40)56-53(55-51)46-32-41(31-45-43-19-9-11-21-49(43)58-50(45)46)57-47-20-10-8-18-42(47)44-29-38-16-6-7-17-39(38)30-48(44)57/h1-32H. The van der Waals surface area contributed by atoms with Crippen molar-refractivity contribution in [3.63, 3.8) is 0 Å². The molecule has 0 atom stereocenters. The number of benzene rings is 9. The molecule has 12 aromatic rings. The van der Waals surface area contributed by atoms with E-state index in [-0.39, 0.29) is 0 Å². The lowest BCUT2D eigenvalue weighted by Gasteiger charge is -2.13. The molecule has 5 nitrogen and oxygen atoms in total. The van der Waals surface area contributed by atoms with Crippen molar-refractivity contribution >= 4 is 65.3 Å². The monoisotopic (exact) mass is 740 g/mol. The van der Waals surface area contributed by atoms with Crippen LogP contribution in [0.25, 0.3) is 116 Å². The molecule has 0 spiro atoms. The molecule has 0 bridgehead atoms. The Morgan fingerprint density at radius 3 is 1.74 bits per heavy atom. The summed E-state index contributed by atoms with van der Waals surface area (Å²) in [6, 6.07) is 68.1. The molecule has 0 N–H and O–H groups in total. The molecule has 58 heavy (non-hydrogen) atoms. The average Bonchev–Trinajstić information content (AvgIpc) is 3.83. The largest absolute Gasteiger partial charge is 0.455 e. The summed E-state index contributed by atoms with van der Waals surface area (Å²) in [5.41, 5.74) is 9.68. The third-order valence-corrected chi connectivity index (χ3v) is 11.4. The Morgan fingerprint density at radius 1 is 0.345 bits per heavy atom. The summed E-state index contributed by atoms with van der Waals surface area (Å²) in [6.07, 6.45) is 0. The highest BCUT2D eigenvalue weighted by molar-refractivity contribution is 6.15. The van der Waals surface area contributed by atoms with Crippen LogP contribution >= 0.6 is 0 Å². The molecule has 3 heterocycles. The lowest BCUT2D eigenvalue weighted by atomic mass is 10.0. The van der Waals surface area contributed by atoms with Gasteiger partial charge in [-0.2, -0.15) is 0 Å². The Kier molecular flexibility index (Phi) is 7.16.